The normalized spacial score (nSPS) is 22.9. The van der Waals surface area contributed by atoms with Gasteiger partial charge in [0.25, 0.3) is 5.91 Å². The average molecular weight is 285 g/mol. The third-order valence-corrected chi connectivity index (χ3v) is 4.54. The van der Waals surface area contributed by atoms with E-state index in [0.717, 1.165) is 29.7 Å². The highest BCUT2D eigenvalue weighted by Crippen LogP contribution is 2.24. The Kier molecular flexibility index (Phi) is 3.86. The first-order valence-corrected chi connectivity index (χ1v) is 7.81. The van der Waals surface area contributed by atoms with Crippen molar-refractivity contribution in [3.63, 3.8) is 0 Å². The number of nitrogen functional groups attached to an aromatic ring is 1. The maximum absolute atomic E-state index is 12.5. The number of H-pyrrole nitrogens is 1. The van der Waals surface area contributed by atoms with Crippen LogP contribution in [-0.2, 0) is 0 Å². The van der Waals surface area contributed by atoms with Gasteiger partial charge in [0, 0.05) is 28.8 Å². The van der Waals surface area contributed by atoms with Crippen molar-refractivity contribution in [1.82, 2.24) is 10.3 Å². The van der Waals surface area contributed by atoms with E-state index in [1.54, 1.807) is 6.20 Å². The summed E-state index contributed by atoms with van der Waals surface area (Å²) in [6, 6.07) is 5.91. The zero-order chi connectivity index (χ0) is 14.8. The summed E-state index contributed by atoms with van der Waals surface area (Å²) < 4.78 is 0. The topological polar surface area (TPSA) is 70.9 Å². The van der Waals surface area contributed by atoms with Gasteiger partial charge in [-0.25, -0.2) is 0 Å². The highest BCUT2D eigenvalue weighted by Gasteiger charge is 2.20. The molecule has 0 saturated heterocycles. The Hall–Kier alpha value is -1.97. The lowest BCUT2D eigenvalue weighted by Crippen LogP contribution is -2.34. The summed E-state index contributed by atoms with van der Waals surface area (Å²) in [7, 11) is 0. The second-order valence-electron chi connectivity index (χ2n) is 6.29. The van der Waals surface area contributed by atoms with E-state index in [4.69, 9.17) is 5.73 Å². The van der Waals surface area contributed by atoms with E-state index >= 15 is 0 Å². The molecule has 4 heteroatoms. The van der Waals surface area contributed by atoms with Gasteiger partial charge in [-0.05, 0) is 43.4 Å². The number of nitrogens with two attached hydrogens (primary N) is 1. The monoisotopic (exact) mass is 285 g/mol. The predicted molar refractivity (Wildman–Crippen MR) is 86.2 cm³/mol. The van der Waals surface area contributed by atoms with Crippen molar-refractivity contribution in [2.24, 2.45) is 5.92 Å². The van der Waals surface area contributed by atoms with Crippen molar-refractivity contribution in [3.8, 4) is 0 Å². The van der Waals surface area contributed by atoms with Crippen LogP contribution in [0.3, 0.4) is 0 Å². The summed E-state index contributed by atoms with van der Waals surface area (Å²) in [6.45, 7) is 2.30. The maximum atomic E-state index is 12.5. The van der Waals surface area contributed by atoms with Gasteiger partial charge in [0.2, 0.25) is 0 Å². The fourth-order valence-corrected chi connectivity index (χ4v) is 3.22. The van der Waals surface area contributed by atoms with E-state index < -0.39 is 0 Å². The standard InChI is InChI=1S/C17H23N3O/c1-11-3-2-4-13(7-5-11)20-17(21)15-10-19-16-8-6-12(18)9-14(15)16/h6,8-11,13,19H,2-5,7,18H2,1H3,(H,20,21). The van der Waals surface area contributed by atoms with Gasteiger partial charge in [0.05, 0.1) is 5.56 Å². The highest BCUT2D eigenvalue weighted by molar-refractivity contribution is 6.07. The number of carbonyl (C=O) groups excluding carboxylic acids is 1. The first-order valence-electron chi connectivity index (χ1n) is 7.81. The average Bonchev–Trinajstić information content (AvgIpc) is 2.76. The minimum atomic E-state index is 0.00593. The van der Waals surface area contributed by atoms with Crippen LogP contribution in [0.4, 0.5) is 5.69 Å². The zero-order valence-electron chi connectivity index (χ0n) is 12.5. The molecule has 4 nitrogen and oxygen atoms in total. The third-order valence-electron chi connectivity index (χ3n) is 4.54. The lowest BCUT2D eigenvalue weighted by atomic mass is 10.0. The molecule has 1 heterocycles. The Morgan fingerprint density at radius 3 is 3.00 bits per heavy atom. The molecule has 112 valence electrons. The Balaban J connectivity index is 1.76. The Labute approximate surface area is 125 Å². The summed E-state index contributed by atoms with van der Waals surface area (Å²) in [6.07, 6.45) is 7.62. The number of hydrogen-bond donors (Lipinski definition) is 3. The number of benzene rings is 1. The van der Waals surface area contributed by atoms with E-state index in [-0.39, 0.29) is 5.91 Å². The molecule has 1 aromatic heterocycles. The van der Waals surface area contributed by atoms with Crippen molar-refractivity contribution < 1.29 is 4.79 Å². The molecule has 4 N–H and O–H groups in total. The Morgan fingerprint density at radius 2 is 2.14 bits per heavy atom. The van der Waals surface area contributed by atoms with Crippen LogP contribution >= 0.6 is 0 Å². The minimum absolute atomic E-state index is 0.00593. The number of fused-ring (bicyclic) bond motifs is 1. The summed E-state index contributed by atoms with van der Waals surface area (Å²) >= 11 is 0. The molecular weight excluding hydrogens is 262 g/mol. The summed E-state index contributed by atoms with van der Waals surface area (Å²) in [5, 5.41) is 4.09. The van der Waals surface area contributed by atoms with Crippen molar-refractivity contribution in [2.75, 3.05) is 5.73 Å². The molecule has 1 aromatic carbocycles. The van der Waals surface area contributed by atoms with Gasteiger partial charge in [-0.1, -0.05) is 19.8 Å². The number of carbonyl (C=O) groups is 1. The smallest absolute Gasteiger partial charge is 0.253 e. The fourth-order valence-electron chi connectivity index (χ4n) is 3.22. The number of anilines is 1. The number of nitrogens with one attached hydrogen (secondary N) is 2. The highest BCUT2D eigenvalue weighted by atomic mass is 16.1. The molecule has 3 rings (SSSR count). The molecule has 2 aromatic rings. The van der Waals surface area contributed by atoms with Gasteiger partial charge in [-0.2, -0.15) is 0 Å². The van der Waals surface area contributed by atoms with Gasteiger partial charge in [0.1, 0.15) is 0 Å². The molecule has 21 heavy (non-hydrogen) atoms. The number of aromatic nitrogens is 1. The van der Waals surface area contributed by atoms with Crippen LogP contribution in [-0.4, -0.2) is 16.9 Å². The van der Waals surface area contributed by atoms with Gasteiger partial charge in [-0.3, -0.25) is 4.79 Å². The minimum Gasteiger partial charge on any atom is -0.399 e. The predicted octanol–water partition coefficient (Wildman–Crippen LogP) is 3.45. The SMILES string of the molecule is CC1CCCC(NC(=O)c2c[nH]c3ccc(N)cc23)CC1. The molecule has 2 unspecified atom stereocenters. The molecule has 0 radical (unpaired) electrons. The van der Waals surface area contributed by atoms with E-state index in [1.807, 2.05) is 18.2 Å². The number of amides is 1. The van der Waals surface area contributed by atoms with E-state index in [0.29, 0.717) is 17.3 Å². The molecule has 1 aliphatic rings. The van der Waals surface area contributed by atoms with Crippen LogP contribution in [0, 0.1) is 5.92 Å². The van der Waals surface area contributed by atoms with Crippen molar-refractivity contribution in [3.05, 3.63) is 30.0 Å². The van der Waals surface area contributed by atoms with Gasteiger partial charge in [-0.15, -0.1) is 0 Å². The maximum Gasteiger partial charge on any atom is 0.253 e. The number of rotatable bonds is 2. The van der Waals surface area contributed by atoms with Gasteiger partial charge >= 0.3 is 0 Å². The molecule has 1 aliphatic carbocycles. The first-order chi connectivity index (χ1) is 10.1. The number of hydrogen-bond acceptors (Lipinski definition) is 2. The fraction of sp³-hybridized carbons (Fsp3) is 0.471. The van der Waals surface area contributed by atoms with Crippen molar-refractivity contribution >= 4 is 22.5 Å². The summed E-state index contributed by atoms with van der Waals surface area (Å²) in [5.74, 6) is 0.784. The third kappa shape index (κ3) is 3.04. The zero-order valence-corrected chi connectivity index (χ0v) is 12.5. The molecule has 0 bridgehead atoms. The van der Waals surface area contributed by atoms with Crippen LogP contribution in [0.15, 0.2) is 24.4 Å². The molecule has 0 spiro atoms. The quantitative estimate of drug-likeness (QED) is 0.584. The number of aromatic amines is 1. The Bertz CT molecular complexity index is 647. The van der Waals surface area contributed by atoms with Crippen LogP contribution in [0.1, 0.15) is 49.4 Å². The molecule has 1 amide bonds. The molecular formula is C17H23N3O. The first kappa shape index (κ1) is 14.0. The Morgan fingerprint density at radius 1 is 1.29 bits per heavy atom. The van der Waals surface area contributed by atoms with E-state index in [2.05, 4.69) is 17.2 Å². The second kappa shape index (κ2) is 5.80. The van der Waals surface area contributed by atoms with Crippen molar-refractivity contribution in [2.45, 2.75) is 45.1 Å². The summed E-state index contributed by atoms with van der Waals surface area (Å²) in [4.78, 5) is 15.7. The summed E-state index contributed by atoms with van der Waals surface area (Å²) in [5.41, 5.74) is 8.14. The second-order valence-corrected chi connectivity index (χ2v) is 6.29. The molecule has 2 atom stereocenters. The van der Waals surface area contributed by atoms with Crippen LogP contribution in [0.25, 0.3) is 10.9 Å². The van der Waals surface area contributed by atoms with E-state index in [1.165, 1.54) is 19.3 Å². The van der Waals surface area contributed by atoms with Gasteiger partial charge in [0.15, 0.2) is 0 Å². The molecule has 0 aliphatic heterocycles. The molecule has 1 fully saturated rings. The lowest BCUT2D eigenvalue weighted by Gasteiger charge is -2.16. The van der Waals surface area contributed by atoms with Crippen LogP contribution in [0.2, 0.25) is 0 Å². The van der Waals surface area contributed by atoms with Crippen LogP contribution < -0.4 is 11.1 Å². The van der Waals surface area contributed by atoms with Crippen LogP contribution in [0.5, 0.6) is 0 Å². The van der Waals surface area contributed by atoms with E-state index in [9.17, 15) is 4.79 Å². The largest absolute Gasteiger partial charge is 0.399 e. The molecule has 1 saturated carbocycles. The lowest BCUT2D eigenvalue weighted by molar-refractivity contribution is 0.0935. The van der Waals surface area contributed by atoms with Gasteiger partial charge < -0.3 is 16.0 Å². The van der Waals surface area contributed by atoms with Crippen molar-refractivity contribution in [1.29, 1.82) is 0 Å².